The van der Waals surface area contributed by atoms with Crippen LogP contribution in [0.1, 0.15) is 48.1 Å². The highest BCUT2D eigenvalue weighted by Gasteiger charge is 2.23. The molecule has 0 bridgehead atoms. The molecule has 0 aliphatic carbocycles. The SMILES string of the molecule is Cc1nnc2n1CC(NC(=O)c1cc(CC(C)C)[nH]n1)CC2. The highest BCUT2D eigenvalue weighted by atomic mass is 16.2. The Bertz CT molecular complexity index is 671. The molecule has 1 aliphatic rings. The molecule has 0 aromatic carbocycles. The number of hydrogen-bond acceptors (Lipinski definition) is 4. The topological polar surface area (TPSA) is 88.5 Å². The minimum absolute atomic E-state index is 0.0972. The van der Waals surface area contributed by atoms with Crippen LogP contribution >= 0.6 is 0 Å². The van der Waals surface area contributed by atoms with E-state index in [1.165, 1.54) is 0 Å². The lowest BCUT2D eigenvalue weighted by atomic mass is 10.1. The van der Waals surface area contributed by atoms with E-state index in [2.05, 4.69) is 44.1 Å². The number of aryl methyl sites for hydroxylation is 2. The van der Waals surface area contributed by atoms with E-state index in [4.69, 9.17) is 0 Å². The van der Waals surface area contributed by atoms with Crippen LogP contribution in [0.2, 0.25) is 0 Å². The van der Waals surface area contributed by atoms with Gasteiger partial charge in [0.2, 0.25) is 0 Å². The monoisotopic (exact) mass is 302 g/mol. The first-order valence-corrected chi connectivity index (χ1v) is 7.76. The Labute approximate surface area is 129 Å². The van der Waals surface area contributed by atoms with E-state index in [1.807, 2.05) is 13.0 Å². The van der Waals surface area contributed by atoms with Gasteiger partial charge in [-0.2, -0.15) is 5.10 Å². The van der Waals surface area contributed by atoms with Crippen LogP contribution in [0.15, 0.2) is 6.07 Å². The van der Waals surface area contributed by atoms with Crippen molar-refractivity contribution in [3.63, 3.8) is 0 Å². The van der Waals surface area contributed by atoms with Gasteiger partial charge in [0.15, 0.2) is 0 Å². The van der Waals surface area contributed by atoms with E-state index < -0.39 is 0 Å². The molecule has 2 N–H and O–H groups in total. The van der Waals surface area contributed by atoms with Crippen molar-refractivity contribution in [1.29, 1.82) is 0 Å². The van der Waals surface area contributed by atoms with E-state index in [9.17, 15) is 4.79 Å². The first-order chi connectivity index (χ1) is 10.5. The van der Waals surface area contributed by atoms with Gasteiger partial charge in [0.1, 0.15) is 17.3 Å². The summed E-state index contributed by atoms with van der Waals surface area (Å²) in [5, 5.41) is 18.3. The average Bonchev–Trinajstić information content (AvgIpc) is 3.06. The Morgan fingerprint density at radius 3 is 3.09 bits per heavy atom. The van der Waals surface area contributed by atoms with Crippen LogP contribution in [0, 0.1) is 12.8 Å². The molecule has 1 aliphatic heterocycles. The lowest BCUT2D eigenvalue weighted by Gasteiger charge is -2.24. The first kappa shape index (κ1) is 14.7. The molecule has 0 radical (unpaired) electrons. The number of hydrogen-bond donors (Lipinski definition) is 2. The molecular weight excluding hydrogens is 280 g/mol. The molecule has 0 saturated carbocycles. The lowest BCUT2D eigenvalue weighted by molar-refractivity contribution is 0.0922. The van der Waals surface area contributed by atoms with Crippen molar-refractivity contribution in [1.82, 2.24) is 30.3 Å². The van der Waals surface area contributed by atoms with Crippen LogP contribution in [-0.4, -0.2) is 36.9 Å². The average molecular weight is 302 g/mol. The second kappa shape index (κ2) is 5.90. The van der Waals surface area contributed by atoms with Crippen molar-refractivity contribution in [2.24, 2.45) is 5.92 Å². The van der Waals surface area contributed by atoms with E-state index >= 15 is 0 Å². The highest BCUT2D eigenvalue weighted by molar-refractivity contribution is 5.92. The van der Waals surface area contributed by atoms with Crippen LogP contribution < -0.4 is 5.32 Å². The van der Waals surface area contributed by atoms with Gasteiger partial charge in [-0.25, -0.2) is 0 Å². The highest BCUT2D eigenvalue weighted by Crippen LogP contribution is 2.15. The predicted octanol–water partition coefficient (Wildman–Crippen LogP) is 1.25. The van der Waals surface area contributed by atoms with E-state index in [0.29, 0.717) is 11.6 Å². The fourth-order valence-electron chi connectivity index (χ4n) is 2.86. The van der Waals surface area contributed by atoms with Gasteiger partial charge in [-0.1, -0.05) is 13.8 Å². The second-order valence-electron chi connectivity index (χ2n) is 6.36. The molecule has 2 aromatic rings. The molecule has 118 valence electrons. The summed E-state index contributed by atoms with van der Waals surface area (Å²) in [4.78, 5) is 12.3. The fourth-order valence-corrected chi connectivity index (χ4v) is 2.86. The summed E-state index contributed by atoms with van der Waals surface area (Å²) in [7, 11) is 0. The molecule has 3 heterocycles. The quantitative estimate of drug-likeness (QED) is 0.889. The maximum atomic E-state index is 12.3. The molecule has 0 spiro atoms. The molecule has 1 atom stereocenters. The zero-order chi connectivity index (χ0) is 15.7. The van der Waals surface area contributed by atoms with Crippen LogP contribution in [0.4, 0.5) is 0 Å². The third kappa shape index (κ3) is 3.03. The van der Waals surface area contributed by atoms with Gasteiger partial charge in [-0.3, -0.25) is 9.89 Å². The standard InChI is InChI=1S/C15H22N6O/c1-9(2)6-12-7-13(19-18-12)15(22)16-11-4-5-14-20-17-10(3)21(14)8-11/h7,9,11H,4-6,8H2,1-3H3,(H,16,22)(H,18,19). The predicted molar refractivity (Wildman–Crippen MR) is 81.5 cm³/mol. The van der Waals surface area contributed by atoms with Gasteiger partial charge in [-0.15, -0.1) is 10.2 Å². The van der Waals surface area contributed by atoms with E-state index in [-0.39, 0.29) is 11.9 Å². The van der Waals surface area contributed by atoms with Crippen molar-refractivity contribution in [2.75, 3.05) is 0 Å². The molecule has 0 saturated heterocycles. The van der Waals surface area contributed by atoms with E-state index in [1.54, 1.807) is 0 Å². The van der Waals surface area contributed by atoms with Gasteiger partial charge in [0, 0.05) is 24.7 Å². The van der Waals surface area contributed by atoms with Gasteiger partial charge in [0.05, 0.1) is 0 Å². The van der Waals surface area contributed by atoms with Crippen molar-refractivity contribution in [2.45, 2.75) is 52.6 Å². The second-order valence-corrected chi connectivity index (χ2v) is 6.36. The fraction of sp³-hybridized carbons (Fsp3) is 0.600. The van der Waals surface area contributed by atoms with Gasteiger partial charge in [-0.05, 0) is 31.7 Å². The Hall–Kier alpha value is -2.18. The molecule has 7 nitrogen and oxygen atoms in total. The number of aromatic amines is 1. The zero-order valence-corrected chi connectivity index (χ0v) is 13.3. The normalized spacial score (nSPS) is 17.5. The number of amides is 1. The number of nitrogens with zero attached hydrogens (tertiary/aromatic N) is 4. The summed E-state index contributed by atoms with van der Waals surface area (Å²) in [5.74, 6) is 2.31. The van der Waals surface area contributed by atoms with Gasteiger partial charge >= 0.3 is 0 Å². The lowest BCUT2D eigenvalue weighted by Crippen LogP contribution is -2.41. The number of H-pyrrole nitrogens is 1. The van der Waals surface area contributed by atoms with Gasteiger partial charge in [0.25, 0.3) is 5.91 Å². The van der Waals surface area contributed by atoms with Crippen molar-refractivity contribution in [3.8, 4) is 0 Å². The summed E-state index contributed by atoms with van der Waals surface area (Å²) in [6.45, 7) is 6.94. The molecule has 0 fully saturated rings. The Balaban J connectivity index is 1.63. The number of carbonyl (C=O) groups is 1. The largest absolute Gasteiger partial charge is 0.346 e. The van der Waals surface area contributed by atoms with Crippen molar-refractivity contribution in [3.05, 3.63) is 29.1 Å². The van der Waals surface area contributed by atoms with Crippen LogP contribution in [0.25, 0.3) is 0 Å². The molecule has 3 rings (SSSR count). The first-order valence-electron chi connectivity index (χ1n) is 7.76. The van der Waals surface area contributed by atoms with Crippen LogP contribution in [0.3, 0.4) is 0 Å². The molecule has 7 heteroatoms. The third-order valence-electron chi connectivity index (χ3n) is 3.96. The van der Waals surface area contributed by atoms with Gasteiger partial charge < -0.3 is 9.88 Å². The molecular formula is C15H22N6O. The van der Waals surface area contributed by atoms with Crippen LogP contribution in [0.5, 0.6) is 0 Å². The smallest absolute Gasteiger partial charge is 0.272 e. The maximum absolute atomic E-state index is 12.3. The molecule has 22 heavy (non-hydrogen) atoms. The minimum atomic E-state index is -0.120. The summed E-state index contributed by atoms with van der Waals surface area (Å²) in [5.41, 5.74) is 1.46. The molecule has 1 amide bonds. The number of aromatic nitrogens is 5. The Morgan fingerprint density at radius 2 is 2.32 bits per heavy atom. The number of carbonyl (C=O) groups excluding carboxylic acids is 1. The Morgan fingerprint density at radius 1 is 1.50 bits per heavy atom. The number of rotatable bonds is 4. The summed E-state index contributed by atoms with van der Waals surface area (Å²) in [6.07, 6.45) is 2.62. The summed E-state index contributed by atoms with van der Waals surface area (Å²) < 4.78 is 2.07. The zero-order valence-electron chi connectivity index (χ0n) is 13.3. The summed E-state index contributed by atoms with van der Waals surface area (Å²) in [6, 6.07) is 1.94. The molecule has 1 unspecified atom stereocenters. The van der Waals surface area contributed by atoms with Crippen molar-refractivity contribution < 1.29 is 4.79 Å². The van der Waals surface area contributed by atoms with Crippen molar-refractivity contribution >= 4 is 5.91 Å². The number of fused-ring (bicyclic) bond motifs is 1. The number of nitrogens with one attached hydrogen (secondary N) is 2. The molecule has 2 aromatic heterocycles. The third-order valence-corrected chi connectivity index (χ3v) is 3.96. The Kier molecular flexibility index (Phi) is 3.96. The maximum Gasteiger partial charge on any atom is 0.272 e. The minimum Gasteiger partial charge on any atom is -0.346 e. The van der Waals surface area contributed by atoms with E-state index in [0.717, 1.165) is 43.1 Å². The summed E-state index contributed by atoms with van der Waals surface area (Å²) >= 11 is 0. The van der Waals surface area contributed by atoms with Crippen LogP contribution in [-0.2, 0) is 19.4 Å².